The number of fused-ring (bicyclic) bond motifs is 3. The summed E-state index contributed by atoms with van der Waals surface area (Å²) in [5.74, 6) is 0.966. The van der Waals surface area contributed by atoms with E-state index in [0.29, 0.717) is 0 Å². The summed E-state index contributed by atoms with van der Waals surface area (Å²) in [6, 6.07) is 6.05. The number of nitrogens with zero attached hydrogens (tertiary/aromatic N) is 2. The highest BCUT2D eigenvalue weighted by molar-refractivity contribution is 7.21. The molecule has 112 valence electrons. The van der Waals surface area contributed by atoms with Gasteiger partial charge in [-0.1, -0.05) is 6.92 Å². The van der Waals surface area contributed by atoms with Crippen molar-refractivity contribution in [3.63, 3.8) is 0 Å². The number of hydrogen-bond acceptors (Lipinski definition) is 4. The van der Waals surface area contributed by atoms with Gasteiger partial charge in [0.1, 0.15) is 10.6 Å². The number of hydrogen-bond donors (Lipinski definition) is 0. The lowest BCUT2D eigenvalue weighted by molar-refractivity contribution is 0.0809. The largest absolute Gasteiger partial charge is 0.497 e. The molecule has 0 radical (unpaired) electrons. The fourth-order valence-electron chi connectivity index (χ4n) is 2.80. The molecule has 21 heavy (non-hydrogen) atoms. The Kier molecular flexibility index (Phi) is 3.76. The molecule has 0 saturated heterocycles. The van der Waals surface area contributed by atoms with Crippen LogP contribution in [0.1, 0.15) is 23.0 Å². The molecule has 0 bridgehead atoms. The third-order valence-corrected chi connectivity index (χ3v) is 5.07. The predicted molar refractivity (Wildman–Crippen MR) is 87.8 cm³/mol. The zero-order valence-corrected chi connectivity index (χ0v) is 13.5. The molecule has 1 aliphatic heterocycles. The van der Waals surface area contributed by atoms with Crippen LogP contribution in [0.2, 0.25) is 0 Å². The van der Waals surface area contributed by atoms with Gasteiger partial charge < -0.3 is 14.5 Å². The van der Waals surface area contributed by atoms with E-state index >= 15 is 0 Å². The molecule has 0 atom stereocenters. The van der Waals surface area contributed by atoms with Gasteiger partial charge in [-0.2, -0.15) is 0 Å². The van der Waals surface area contributed by atoms with Crippen molar-refractivity contribution < 1.29 is 9.53 Å². The topological polar surface area (TPSA) is 32.8 Å². The Bertz CT molecular complexity index is 680. The Hall–Kier alpha value is -1.75. The van der Waals surface area contributed by atoms with Gasteiger partial charge in [-0.05, 0) is 24.6 Å². The molecule has 1 aromatic carbocycles. The Balaban J connectivity index is 2.23. The Morgan fingerprint density at radius 3 is 2.86 bits per heavy atom. The average Bonchev–Trinajstić information content (AvgIpc) is 2.83. The van der Waals surface area contributed by atoms with Gasteiger partial charge in [0, 0.05) is 36.8 Å². The van der Waals surface area contributed by atoms with E-state index in [1.807, 2.05) is 30.1 Å². The summed E-state index contributed by atoms with van der Waals surface area (Å²) >= 11 is 1.59. The van der Waals surface area contributed by atoms with Crippen LogP contribution in [-0.2, 0) is 0 Å². The Morgan fingerprint density at radius 2 is 2.14 bits per heavy atom. The molecule has 2 heterocycles. The maximum absolute atomic E-state index is 12.6. The highest BCUT2D eigenvalue weighted by Crippen LogP contribution is 2.41. The number of thiophene rings is 1. The maximum Gasteiger partial charge on any atom is 0.265 e. The average molecular weight is 304 g/mol. The van der Waals surface area contributed by atoms with Gasteiger partial charge in [0.25, 0.3) is 5.91 Å². The number of likely N-dealkylation sites (N-methyl/N-ethyl adjacent to an activating group) is 1. The van der Waals surface area contributed by atoms with Crippen molar-refractivity contribution >= 4 is 33.0 Å². The molecule has 5 heteroatoms. The van der Waals surface area contributed by atoms with Crippen molar-refractivity contribution in [3.8, 4) is 5.75 Å². The molecule has 4 nitrogen and oxygen atoms in total. The van der Waals surface area contributed by atoms with Gasteiger partial charge in [-0.15, -0.1) is 11.3 Å². The molecule has 0 spiro atoms. The molecule has 2 aromatic rings. The van der Waals surface area contributed by atoms with E-state index in [-0.39, 0.29) is 5.91 Å². The fourth-order valence-corrected chi connectivity index (χ4v) is 4.00. The number of carbonyl (C=O) groups excluding carboxylic acids is 1. The summed E-state index contributed by atoms with van der Waals surface area (Å²) in [7, 11) is 3.56. The van der Waals surface area contributed by atoms with Gasteiger partial charge in [0.05, 0.1) is 12.8 Å². The van der Waals surface area contributed by atoms with Crippen LogP contribution in [0.15, 0.2) is 18.2 Å². The fraction of sp³-hybridized carbons (Fsp3) is 0.438. The summed E-state index contributed by atoms with van der Waals surface area (Å²) in [5, 5.41) is 1.13. The standard InChI is InChI=1S/C16H20N2O2S/c1-4-7-18-9-8-17(2)16(19)15-14(18)12-10-11(20-3)5-6-13(12)21-15/h5-6,10H,4,7-9H2,1-3H3. The third kappa shape index (κ3) is 2.35. The van der Waals surface area contributed by atoms with Crippen molar-refractivity contribution in [2.75, 3.05) is 38.7 Å². The summed E-state index contributed by atoms with van der Waals surface area (Å²) < 4.78 is 6.49. The third-order valence-electron chi connectivity index (χ3n) is 3.92. The minimum atomic E-state index is 0.128. The van der Waals surface area contributed by atoms with E-state index in [2.05, 4.69) is 11.8 Å². The van der Waals surface area contributed by atoms with Crippen LogP contribution < -0.4 is 9.64 Å². The molecular formula is C16H20N2O2S. The van der Waals surface area contributed by atoms with Gasteiger partial charge in [-0.3, -0.25) is 4.79 Å². The van der Waals surface area contributed by atoms with Gasteiger partial charge in [0.2, 0.25) is 0 Å². The van der Waals surface area contributed by atoms with Crippen LogP contribution in [0.4, 0.5) is 5.69 Å². The number of rotatable bonds is 3. The molecular weight excluding hydrogens is 284 g/mol. The Morgan fingerprint density at radius 1 is 1.33 bits per heavy atom. The van der Waals surface area contributed by atoms with Crippen molar-refractivity contribution in [3.05, 3.63) is 23.1 Å². The molecule has 0 unspecified atom stereocenters. The van der Waals surface area contributed by atoms with E-state index in [4.69, 9.17) is 4.74 Å². The van der Waals surface area contributed by atoms with E-state index < -0.39 is 0 Å². The van der Waals surface area contributed by atoms with Crippen molar-refractivity contribution in [2.24, 2.45) is 0 Å². The number of carbonyl (C=O) groups is 1. The van der Waals surface area contributed by atoms with Crippen LogP contribution in [0.25, 0.3) is 10.1 Å². The van der Waals surface area contributed by atoms with Gasteiger partial charge in [-0.25, -0.2) is 0 Å². The van der Waals surface area contributed by atoms with Crippen LogP contribution in [0.3, 0.4) is 0 Å². The van der Waals surface area contributed by atoms with E-state index in [1.54, 1.807) is 18.4 Å². The highest BCUT2D eigenvalue weighted by atomic mass is 32.1. The zero-order chi connectivity index (χ0) is 15.0. The Labute approximate surface area is 128 Å². The zero-order valence-electron chi connectivity index (χ0n) is 12.7. The van der Waals surface area contributed by atoms with Gasteiger partial charge in [0.15, 0.2) is 0 Å². The number of benzene rings is 1. The molecule has 1 aliphatic rings. The summed E-state index contributed by atoms with van der Waals surface area (Å²) in [4.78, 5) is 17.6. The monoisotopic (exact) mass is 304 g/mol. The molecule has 1 aromatic heterocycles. The number of amides is 1. The lowest BCUT2D eigenvalue weighted by Crippen LogP contribution is -2.32. The first-order valence-electron chi connectivity index (χ1n) is 7.26. The molecule has 3 rings (SSSR count). The quantitative estimate of drug-likeness (QED) is 0.873. The summed E-state index contributed by atoms with van der Waals surface area (Å²) in [6.45, 7) is 4.79. The number of anilines is 1. The minimum Gasteiger partial charge on any atom is -0.497 e. The van der Waals surface area contributed by atoms with Crippen LogP contribution in [0.5, 0.6) is 5.75 Å². The summed E-state index contributed by atoms with van der Waals surface area (Å²) in [6.07, 6.45) is 1.07. The lowest BCUT2D eigenvalue weighted by atomic mass is 10.2. The minimum absolute atomic E-state index is 0.128. The van der Waals surface area contributed by atoms with Crippen molar-refractivity contribution in [1.82, 2.24) is 4.90 Å². The van der Waals surface area contributed by atoms with Crippen LogP contribution in [0, 0.1) is 0 Å². The van der Waals surface area contributed by atoms with Gasteiger partial charge >= 0.3 is 0 Å². The molecule has 0 fully saturated rings. The number of ether oxygens (including phenoxy) is 1. The highest BCUT2D eigenvalue weighted by Gasteiger charge is 2.28. The normalized spacial score (nSPS) is 15.3. The van der Waals surface area contributed by atoms with Crippen molar-refractivity contribution in [1.29, 1.82) is 0 Å². The SMILES string of the molecule is CCCN1CCN(C)C(=O)c2sc3ccc(OC)cc3c21. The molecule has 0 aliphatic carbocycles. The van der Waals surface area contributed by atoms with E-state index in [9.17, 15) is 4.79 Å². The second-order valence-electron chi connectivity index (χ2n) is 5.36. The first-order chi connectivity index (χ1) is 10.2. The van der Waals surface area contributed by atoms with E-state index in [0.717, 1.165) is 52.5 Å². The van der Waals surface area contributed by atoms with E-state index in [1.165, 1.54) is 0 Å². The molecule has 0 N–H and O–H groups in total. The van der Waals surface area contributed by atoms with Crippen LogP contribution >= 0.6 is 11.3 Å². The van der Waals surface area contributed by atoms with Crippen molar-refractivity contribution in [2.45, 2.75) is 13.3 Å². The second-order valence-corrected chi connectivity index (χ2v) is 6.41. The first-order valence-corrected chi connectivity index (χ1v) is 8.08. The predicted octanol–water partition coefficient (Wildman–Crippen LogP) is 3.21. The van der Waals surface area contributed by atoms with Crippen LogP contribution in [-0.4, -0.2) is 44.6 Å². The molecule has 1 amide bonds. The second kappa shape index (κ2) is 5.56. The first kappa shape index (κ1) is 14.2. The lowest BCUT2D eigenvalue weighted by Gasteiger charge is -2.23. The molecule has 0 saturated carbocycles. The maximum atomic E-state index is 12.6. The summed E-state index contributed by atoms with van der Waals surface area (Å²) in [5.41, 5.74) is 1.09. The number of methoxy groups -OCH3 is 1. The smallest absolute Gasteiger partial charge is 0.265 e.